The Morgan fingerprint density at radius 2 is 1.90 bits per heavy atom. The maximum absolute atomic E-state index is 12.4. The lowest BCUT2D eigenvalue weighted by molar-refractivity contribution is 0.0698. The molecule has 8 heteroatoms. The van der Waals surface area contributed by atoms with Crippen molar-refractivity contribution < 1.29 is 23.4 Å². The van der Waals surface area contributed by atoms with E-state index in [-0.39, 0.29) is 21.2 Å². The van der Waals surface area contributed by atoms with E-state index in [9.17, 15) is 18.3 Å². The topological polar surface area (TPSA) is 104 Å². The summed E-state index contributed by atoms with van der Waals surface area (Å²) in [6.07, 6.45) is 0. The molecular weight excluding hydrogens is 314 g/mol. The number of hydrogen-bond donors (Lipinski definition) is 3. The van der Waals surface area contributed by atoms with Crippen LogP contribution in [0, 0.1) is 13.8 Å². The Morgan fingerprint density at radius 3 is 2.48 bits per heavy atom. The summed E-state index contributed by atoms with van der Waals surface area (Å²) >= 11 is 0.859. The molecule has 0 atom stereocenters. The lowest BCUT2D eigenvalue weighted by atomic mass is 10.2. The van der Waals surface area contributed by atoms with Gasteiger partial charge in [0.15, 0.2) is 0 Å². The van der Waals surface area contributed by atoms with Crippen molar-refractivity contribution in [2.24, 2.45) is 0 Å². The van der Waals surface area contributed by atoms with E-state index in [1.54, 1.807) is 13.0 Å². The first-order valence-electron chi connectivity index (χ1n) is 5.86. The number of phenols is 1. The largest absolute Gasteiger partial charge is 0.508 e. The number of hydrogen-bond acceptors (Lipinski definition) is 5. The molecule has 0 spiro atoms. The summed E-state index contributed by atoms with van der Waals surface area (Å²) in [4.78, 5) is 10.6. The fraction of sp³-hybridized carbons (Fsp3) is 0.154. The normalized spacial score (nSPS) is 11.3. The van der Waals surface area contributed by atoms with Gasteiger partial charge >= 0.3 is 5.97 Å². The molecule has 0 saturated heterocycles. The van der Waals surface area contributed by atoms with E-state index < -0.39 is 16.0 Å². The molecule has 1 aromatic heterocycles. The second kappa shape index (κ2) is 5.38. The first kappa shape index (κ1) is 15.3. The number of rotatable bonds is 4. The molecule has 1 heterocycles. The molecule has 0 amide bonds. The van der Waals surface area contributed by atoms with Crippen LogP contribution in [0.4, 0.5) is 5.69 Å². The van der Waals surface area contributed by atoms with Crippen LogP contribution < -0.4 is 4.72 Å². The minimum absolute atomic E-state index is 0.0456. The fourth-order valence-electron chi connectivity index (χ4n) is 1.79. The van der Waals surface area contributed by atoms with Crippen LogP contribution >= 0.6 is 11.3 Å². The van der Waals surface area contributed by atoms with Gasteiger partial charge in [-0.2, -0.15) is 0 Å². The number of nitrogens with one attached hydrogen (secondary N) is 1. The Hall–Kier alpha value is -2.06. The average Bonchev–Trinajstić information content (AvgIpc) is 2.76. The van der Waals surface area contributed by atoms with E-state index in [1.807, 2.05) is 0 Å². The van der Waals surface area contributed by atoms with E-state index in [2.05, 4.69) is 4.72 Å². The Bertz CT molecular complexity index is 808. The van der Waals surface area contributed by atoms with Crippen molar-refractivity contribution in [3.63, 3.8) is 0 Å². The maximum atomic E-state index is 12.4. The highest BCUT2D eigenvalue weighted by molar-refractivity contribution is 7.93. The molecule has 0 aliphatic carbocycles. The third-order valence-corrected chi connectivity index (χ3v) is 5.63. The van der Waals surface area contributed by atoms with Gasteiger partial charge in [-0.25, -0.2) is 13.2 Å². The monoisotopic (exact) mass is 327 g/mol. The molecule has 6 nitrogen and oxygen atoms in total. The zero-order valence-corrected chi connectivity index (χ0v) is 12.9. The molecule has 0 aliphatic rings. The van der Waals surface area contributed by atoms with Gasteiger partial charge in [0.1, 0.15) is 15.5 Å². The van der Waals surface area contributed by atoms with Crippen molar-refractivity contribution in [2.45, 2.75) is 18.7 Å². The molecule has 2 aromatic rings. The second-order valence-corrected chi connectivity index (χ2v) is 6.99. The van der Waals surface area contributed by atoms with Crippen LogP contribution in [0.1, 0.15) is 20.8 Å². The predicted octanol–water partition coefficient (Wildman–Crippen LogP) is 2.57. The van der Waals surface area contributed by atoms with Gasteiger partial charge in [0, 0.05) is 6.07 Å². The van der Waals surface area contributed by atoms with Crippen molar-refractivity contribution in [1.82, 2.24) is 0 Å². The first-order valence-corrected chi connectivity index (χ1v) is 8.22. The molecule has 3 N–H and O–H groups in total. The molecule has 0 saturated carbocycles. The number of carboxylic acid groups (broad SMARTS) is 1. The first-order chi connectivity index (χ1) is 9.72. The highest BCUT2D eigenvalue weighted by Crippen LogP contribution is 2.29. The van der Waals surface area contributed by atoms with Crippen molar-refractivity contribution >= 4 is 33.0 Å². The molecule has 0 radical (unpaired) electrons. The summed E-state index contributed by atoms with van der Waals surface area (Å²) in [5, 5.41) is 20.1. The fourth-order valence-corrected chi connectivity index (χ4v) is 4.48. The molecule has 0 unspecified atom stereocenters. The Balaban J connectivity index is 2.45. The summed E-state index contributed by atoms with van der Waals surface area (Å²) in [6, 6.07) is 4.33. The number of carbonyl (C=O) groups is 1. The van der Waals surface area contributed by atoms with E-state index in [4.69, 9.17) is 5.11 Å². The SMILES string of the molecule is Cc1ccc(NS(=O)(=O)c2c(C)csc2C(=O)O)cc1O. The smallest absolute Gasteiger partial charge is 0.347 e. The van der Waals surface area contributed by atoms with Gasteiger partial charge in [0.2, 0.25) is 0 Å². The molecule has 1 aromatic carbocycles. The van der Waals surface area contributed by atoms with Crippen molar-refractivity contribution in [3.05, 3.63) is 39.6 Å². The van der Waals surface area contributed by atoms with E-state index in [0.29, 0.717) is 11.1 Å². The molecule has 0 fully saturated rings. The van der Waals surface area contributed by atoms with Crippen molar-refractivity contribution in [3.8, 4) is 5.75 Å². The van der Waals surface area contributed by atoms with E-state index >= 15 is 0 Å². The summed E-state index contributed by atoms with van der Waals surface area (Å²) in [5.74, 6) is -1.34. The number of thiophene rings is 1. The second-order valence-electron chi connectivity index (χ2n) is 4.49. The van der Waals surface area contributed by atoms with Gasteiger partial charge < -0.3 is 10.2 Å². The molecule has 2 rings (SSSR count). The Labute approximate surface area is 125 Å². The summed E-state index contributed by atoms with van der Waals surface area (Å²) in [5.41, 5.74) is 1.14. The number of benzene rings is 1. The number of phenolic OH excluding ortho intramolecular Hbond substituents is 1. The standard InChI is InChI=1S/C13H13NO5S2/c1-7-3-4-9(5-10(7)15)14-21(18,19)12-8(2)6-20-11(12)13(16)17/h3-6,14-15H,1-2H3,(H,16,17). The molecule has 21 heavy (non-hydrogen) atoms. The van der Waals surface area contributed by atoms with Gasteiger partial charge in [-0.1, -0.05) is 6.07 Å². The van der Waals surface area contributed by atoms with Crippen LogP contribution in [0.3, 0.4) is 0 Å². The summed E-state index contributed by atoms with van der Waals surface area (Å²) in [7, 11) is -4.04. The molecular formula is C13H13NO5S2. The molecule has 0 aliphatic heterocycles. The highest BCUT2D eigenvalue weighted by atomic mass is 32.2. The summed E-state index contributed by atoms with van der Waals surface area (Å²) in [6.45, 7) is 3.21. The van der Waals surface area contributed by atoms with E-state index in [0.717, 1.165) is 11.3 Å². The quantitative estimate of drug-likeness (QED) is 0.800. The molecule has 112 valence electrons. The van der Waals surface area contributed by atoms with Crippen molar-refractivity contribution in [1.29, 1.82) is 0 Å². The number of aromatic hydroxyl groups is 1. The van der Waals surface area contributed by atoms with Crippen LogP contribution in [0.25, 0.3) is 0 Å². The summed E-state index contributed by atoms with van der Waals surface area (Å²) < 4.78 is 27.0. The number of anilines is 1. The third kappa shape index (κ3) is 3.01. The van der Waals surface area contributed by atoms with Crippen LogP contribution in [-0.2, 0) is 10.0 Å². The highest BCUT2D eigenvalue weighted by Gasteiger charge is 2.27. The van der Waals surface area contributed by atoms with Gasteiger partial charge in [-0.3, -0.25) is 4.72 Å². The zero-order valence-electron chi connectivity index (χ0n) is 11.2. The van der Waals surface area contributed by atoms with Crippen LogP contribution in [0.5, 0.6) is 5.75 Å². The maximum Gasteiger partial charge on any atom is 0.347 e. The number of aryl methyl sites for hydroxylation is 2. The lowest BCUT2D eigenvalue weighted by Gasteiger charge is -2.10. The van der Waals surface area contributed by atoms with E-state index in [1.165, 1.54) is 24.4 Å². The van der Waals surface area contributed by atoms with Gasteiger partial charge in [-0.05, 0) is 36.4 Å². The number of carboxylic acids is 1. The van der Waals surface area contributed by atoms with Crippen LogP contribution in [-0.4, -0.2) is 24.6 Å². The van der Waals surface area contributed by atoms with Gasteiger partial charge in [0.05, 0.1) is 5.69 Å². The minimum atomic E-state index is -4.04. The van der Waals surface area contributed by atoms with Gasteiger partial charge in [-0.15, -0.1) is 11.3 Å². The van der Waals surface area contributed by atoms with Crippen molar-refractivity contribution in [2.75, 3.05) is 4.72 Å². The molecule has 0 bridgehead atoms. The minimum Gasteiger partial charge on any atom is -0.508 e. The number of aromatic carboxylic acids is 1. The van der Waals surface area contributed by atoms with Crippen LogP contribution in [0.2, 0.25) is 0 Å². The predicted molar refractivity (Wildman–Crippen MR) is 79.7 cm³/mol. The Kier molecular flexibility index (Phi) is 3.93. The number of sulfonamides is 1. The lowest BCUT2D eigenvalue weighted by Crippen LogP contribution is -2.16. The zero-order chi connectivity index (χ0) is 15.8. The van der Waals surface area contributed by atoms with Crippen LogP contribution in [0.15, 0.2) is 28.5 Å². The average molecular weight is 327 g/mol. The third-order valence-electron chi connectivity index (χ3n) is 2.84. The Morgan fingerprint density at radius 1 is 1.24 bits per heavy atom. The van der Waals surface area contributed by atoms with Gasteiger partial charge in [0.25, 0.3) is 10.0 Å².